The average Bonchev–Trinajstić information content (AvgIpc) is 3.17. The Labute approximate surface area is 164 Å². The topological polar surface area (TPSA) is 60.2 Å². The number of carbonyl (C=O) groups is 1. The number of methoxy groups -OCH3 is 1. The Hall–Kier alpha value is -2.12. The lowest BCUT2D eigenvalue weighted by molar-refractivity contribution is -0.112. The van der Waals surface area contributed by atoms with Crippen LogP contribution in [0.3, 0.4) is 0 Å². The second kappa shape index (κ2) is 8.27. The van der Waals surface area contributed by atoms with E-state index in [0.29, 0.717) is 12.4 Å². The SMILES string of the molecule is COCCCn1cnnc1SCC(=O)C=C1N(C)c2ccccc2C1(C)C. The molecule has 1 aromatic heterocycles. The van der Waals surface area contributed by atoms with Gasteiger partial charge in [-0.15, -0.1) is 10.2 Å². The van der Waals surface area contributed by atoms with Gasteiger partial charge in [0, 0.05) is 50.2 Å². The number of para-hydroxylation sites is 1. The minimum Gasteiger partial charge on any atom is -0.385 e. The van der Waals surface area contributed by atoms with E-state index in [1.807, 2.05) is 23.7 Å². The molecule has 6 nitrogen and oxygen atoms in total. The van der Waals surface area contributed by atoms with Crippen LogP contribution in [0.15, 0.2) is 47.5 Å². The molecule has 0 atom stereocenters. The van der Waals surface area contributed by atoms with Crippen molar-refractivity contribution in [2.75, 3.05) is 31.4 Å². The summed E-state index contributed by atoms with van der Waals surface area (Å²) < 4.78 is 7.05. The summed E-state index contributed by atoms with van der Waals surface area (Å²) >= 11 is 1.42. The molecule has 0 bridgehead atoms. The molecule has 0 spiro atoms. The number of anilines is 1. The van der Waals surface area contributed by atoms with Gasteiger partial charge in [0.1, 0.15) is 6.33 Å². The van der Waals surface area contributed by atoms with Gasteiger partial charge < -0.3 is 14.2 Å². The number of thioether (sulfide) groups is 1. The Morgan fingerprint density at radius 2 is 2.11 bits per heavy atom. The number of ketones is 1. The highest BCUT2D eigenvalue weighted by atomic mass is 32.2. The molecule has 0 fully saturated rings. The molecule has 0 amide bonds. The van der Waals surface area contributed by atoms with Crippen LogP contribution in [0.2, 0.25) is 0 Å². The average molecular weight is 387 g/mol. The molecule has 0 unspecified atom stereocenters. The lowest BCUT2D eigenvalue weighted by atomic mass is 9.83. The molecule has 1 aromatic carbocycles. The summed E-state index contributed by atoms with van der Waals surface area (Å²) in [6.45, 7) is 5.79. The number of aromatic nitrogens is 3. The zero-order chi connectivity index (χ0) is 19.4. The van der Waals surface area contributed by atoms with Crippen LogP contribution < -0.4 is 4.90 Å². The third kappa shape index (κ3) is 4.09. The lowest BCUT2D eigenvalue weighted by Gasteiger charge is -2.23. The third-order valence-corrected chi connectivity index (χ3v) is 5.91. The molecule has 0 saturated carbocycles. The van der Waals surface area contributed by atoms with E-state index in [-0.39, 0.29) is 11.2 Å². The number of rotatable bonds is 8. The van der Waals surface area contributed by atoms with Crippen LogP contribution in [0.25, 0.3) is 0 Å². The Morgan fingerprint density at radius 1 is 1.33 bits per heavy atom. The minimum atomic E-state index is -0.189. The Bertz CT molecular complexity index is 844. The molecule has 3 rings (SSSR count). The normalized spacial score (nSPS) is 16.7. The fraction of sp³-hybridized carbons (Fsp3) is 0.450. The second-order valence-corrected chi connectivity index (χ2v) is 8.08. The van der Waals surface area contributed by atoms with Crippen LogP contribution in [-0.4, -0.2) is 47.1 Å². The van der Waals surface area contributed by atoms with Crippen LogP contribution in [-0.2, 0) is 21.5 Å². The highest BCUT2D eigenvalue weighted by Crippen LogP contribution is 2.46. The van der Waals surface area contributed by atoms with Crippen molar-refractivity contribution in [3.63, 3.8) is 0 Å². The van der Waals surface area contributed by atoms with Gasteiger partial charge in [0.15, 0.2) is 10.9 Å². The molecule has 0 aliphatic carbocycles. The van der Waals surface area contributed by atoms with E-state index in [1.165, 1.54) is 17.3 Å². The maximum Gasteiger partial charge on any atom is 0.191 e. The first-order valence-corrected chi connectivity index (χ1v) is 10.0. The molecule has 2 heterocycles. The van der Waals surface area contributed by atoms with Gasteiger partial charge in [0.25, 0.3) is 0 Å². The van der Waals surface area contributed by atoms with Gasteiger partial charge in [-0.05, 0) is 18.1 Å². The third-order valence-electron chi connectivity index (χ3n) is 4.91. The first-order chi connectivity index (χ1) is 12.9. The zero-order valence-corrected chi connectivity index (χ0v) is 17.1. The van der Waals surface area contributed by atoms with Gasteiger partial charge in [-0.2, -0.15) is 0 Å². The van der Waals surface area contributed by atoms with Crippen molar-refractivity contribution in [2.24, 2.45) is 0 Å². The molecule has 0 saturated heterocycles. The summed E-state index contributed by atoms with van der Waals surface area (Å²) in [4.78, 5) is 14.8. The highest BCUT2D eigenvalue weighted by Gasteiger charge is 2.38. The molecule has 144 valence electrons. The van der Waals surface area contributed by atoms with Gasteiger partial charge >= 0.3 is 0 Å². The Kier molecular flexibility index (Phi) is 6.01. The second-order valence-electron chi connectivity index (χ2n) is 7.14. The van der Waals surface area contributed by atoms with E-state index in [1.54, 1.807) is 19.5 Å². The zero-order valence-electron chi connectivity index (χ0n) is 16.3. The molecule has 1 aliphatic heterocycles. The largest absolute Gasteiger partial charge is 0.385 e. The highest BCUT2D eigenvalue weighted by molar-refractivity contribution is 7.99. The monoisotopic (exact) mass is 386 g/mol. The van der Waals surface area contributed by atoms with Gasteiger partial charge in [0.2, 0.25) is 0 Å². The van der Waals surface area contributed by atoms with Gasteiger partial charge in [-0.1, -0.05) is 43.8 Å². The van der Waals surface area contributed by atoms with Crippen molar-refractivity contribution in [1.82, 2.24) is 14.8 Å². The van der Waals surface area contributed by atoms with Crippen LogP contribution in [0.4, 0.5) is 5.69 Å². The molecule has 0 N–H and O–H groups in total. The first-order valence-electron chi connectivity index (χ1n) is 9.03. The number of nitrogens with zero attached hydrogens (tertiary/aromatic N) is 4. The van der Waals surface area contributed by atoms with Crippen molar-refractivity contribution in [3.05, 3.63) is 47.9 Å². The van der Waals surface area contributed by atoms with Crippen molar-refractivity contribution >= 4 is 23.2 Å². The van der Waals surface area contributed by atoms with E-state index < -0.39 is 0 Å². The fourth-order valence-electron chi connectivity index (χ4n) is 3.48. The fourth-order valence-corrected chi connectivity index (χ4v) is 4.24. The Balaban J connectivity index is 1.67. The van der Waals surface area contributed by atoms with Gasteiger partial charge in [-0.3, -0.25) is 4.79 Å². The number of likely N-dealkylation sites (N-methyl/N-ethyl adjacent to an activating group) is 1. The van der Waals surface area contributed by atoms with Gasteiger partial charge in [-0.25, -0.2) is 0 Å². The summed E-state index contributed by atoms with van der Waals surface area (Å²) in [5.74, 6) is 0.418. The number of carbonyl (C=O) groups excluding carboxylic acids is 1. The van der Waals surface area contributed by atoms with Crippen LogP contribution >= 0.6 is 11.8 Å². The molecule has 2 aromatic rings. The maximum absolute atomic E-state index is 12.6. The quantitative estimate of drug-likeness (QED) is 0.394. The molecular weight excluding hydrogens is 360 g/mol. The Morgan fingerprint density at radius 3 is 2.85 bits per heavy atom. The van der Waals surface area contributed by atoms with E-state index in [0.717, 1.165) is 29.5 Å². The summed E-state index contributed by atoms with van der Waals surface area (Å²) in [5, 5.41) is 8.85. The summed E-state index contributed by atoms with van der Waals surface area (Å²) in [7, 11) is 3.71. The molecule has 27 heavy (non-hydrogen) atoms. The van der Waals surface area contributed by atoms with Crippen LogP contribution in [0, 0.1) is 0 Å². The van der Waals surface area contributed by atoms with E-state index in [9.17, 15) is 4.79 Å². The molecule has 1 aliphatic rings. The summed E-state index contributed by atoms with van der Waals surface area (Å²) in [5.41, 5.74) is 3.24. The van der Waals surface area contributed by atoms with Crippen molar-refractivity contribution in [2.45, 2.75) is 37.4 Å². The van der Waals surface area contributed by atoms with Crippen LogP contribution in [0.5, 0.6) is 0 Å². The number of ether oxygens (including phenoxy) is 1. The minimum absolute atomic E-state index is 0.0779. The predicted octanol–water partition coefficient (Wildman–Crippen LogP) is 3.29. The number of hydrogen-bond donors (Lipinski definition) is 0. The maximum atomic E-state index is 12.6. The number of benzene rings is 1. The molecule has 7 heteroatoms. The van der Waals surface area contributed by atoms with E-state index in [4.69, 9.17) is 4.74 Å². The molecule has 0 radical (unpaired) electrons. The standard InChI is InChI=1S/C20H26N4O2S/c1-20(2)16-8-5-6-9-17(16)23(3)18(20)12-15(25)13-27-19-22-21-14-24(19)10-7-11-26-4/h5-6,8-9,12,14H,7,10-11,13H2,1-4H3. The summed E-state index contributed by atoms with van der Waals surface area (Å²) in [6.07, 6.45) is 4.36. The smallest absolute Gasteiger partial charge is 0.191 e. The number of aryl methyl sites for hydroxylation is 1. The van der Waals surface area contributed by atoms with Crippen molar-refractivity contribution < 1.29 is 9.53 Å². The number of allylic oxidation sites excluding steroid dienone is 2. The van der Waals surface area contributed by atoms with E-state index >= 15 is 0 Å². The predicted molar refractivity (Wildman–Crippen MR) is 108 cm³/mol. The van der Waals surface area contributed by atoms with Crippen molar-refractivity contribution in [3.8, 4) is 0 Å². The van der Waals surface area contributed by atoms with E-state index in [2.05, 4.69) is 41.1 Å². The van der Waals surface area contributed by atoms with Crippen molar-refractivity contribution in [1.29, 1.82) is 0 Å². The van der Waals surface area contributed by atoms with Crippen LogP contribution in [0.1, 0.15) is 25.8 Å². The first kappa shape index (κ1) is 19.6. The summed E-state index contributed by atoms with van der Waals surface area (Å²) in [6, 6.07) is 8.31. The number of fused-ring (bicyclic) bond motifs is 1. The van der Waals surface area contributed by atoms with Gasteiger partial charge in [0.05, 0.1) is 5.75 Å². The lowest BCUT2D eigenvalue weighted by Crippen LogP contribution is -2.24. The molecular formula is C20H26N4O2S. The number of hydrogen-bond acceptors (Lipinski definition) is 6.